The molecule has 3 rings (SSSR count). The van der Waals surface area contributed by atoms with Gasteiger partial charge in [-0.3, -0.25) is 4.99 Å². The van der Waals surface area contributed by atoms with Crippen LogP contribution < -0.4 is 4.74 Å². The molecule has 2 heterocycles. The molecule has 0 aliphatic carbocycles. The smallest absolute Gasteiger partial charge is 0.168 e. The lowest BCUT2D eigenvalue weighted by Gasteiger charge is -2.16. The maximum atomic E-state index is 5.24. The summed E-state index contributed by atoms with van der Waals surface area (Å²) in [6.45, 7) is 1.90. The van der Waals surface area contributed by atoms with E-state index in [1.165, 1.54) is 11.3 Å². The highest BCUT2D eigenvalue weighted by Gasteiger charge is 2.26. The summed E-state index contributed by atoms with van der Waals surface area (Å²) < 4.78 is 5.24. The van der Waals surface area contributed by atoms with Gasteiger partial charge in [0.15, 0.2) is 5.17 Å². The number of halogens is 1. The molecule has 0 saturated heterocycles. The van der Waals surface area contributed by atoms with Crippen molar-refractivity contribution >= 4 is 39.6 Å². The average molecular weight is 313 g/mol. The number of hydrogen-bond acceptors (Lipinski definition) is 4. The molecule has 0 amide bonds. The lowest BCUT2D eigenvalue weighted by molar-refractivity contribution is 0.414. The first-order chi connectivity index (χ1) is 7.88. The Hall–Kier alpha value is -0.940. The van der Waals surface area contributed by atoms with Crippen LogP contribution in [-0.2, 0) is 0 Å². The number of ether oxygens (including phenoxy) is 1. The van der Waals surface area contributed by atoms with Crippen molar-refractivity contribution in [2.75, 3.05) is 20.2 Å². The van der Waals surface area contributed by atoms with Crippen molar-refractivity contribution in [2.45, 2.75) is 0 Å². The van der Waals surface area contributed by atoms with Crippen molar-refractivity contribution < 1.29 is 4.74 Å². The van der Waals surface area contributed by atoms with Crippen LogP contribution in [0.5, 0.6) is 5.75 Å². The molecular weight excluding hydrogens is 300 g/mol. The van der Waals surface area contributed by atoms with E-state index in [1.54, 1.807) is 18.9 Å². The largest absolute Gasteiger partial charge is 0.497 e. The monoisotopic (exact) mass is 312 g/mol. The van der Waals surface area contributed by atoms with Gasteiger partial charge in [0, 0.05) is 17.5 Å². The number of nitrogens with zero attached hydrogens (tertiary/aromatic N) is 2. The molecule has 0 fully saturated rings. The van der Waals surface area contributed by atoms with Crippen molar-refractivity contribution in [3.63, 3.8) is 0 Å². The number of methoxy groups -OCH3 is 1. The molecule has 0 atom stereocenters. The minimum absolute atomic E-state index is 0. The Balaban J connectivity index is 0.00000108. The number of rotatable bonds is 2. The zero-order valence-electron chi connectivity index (χ0n) is 9.42. The number of aliphatic imine (C=N–C) groups is 1. The van der Waals surface area contributed by atoms with E-state index in [4.69, 9.17) is 4.74 Å². The van der Waals surface area contributed by atoms with E-state index < -0.39 is 0 Å². The van der Waals surface area contributed by atoms with E-state index in [9.17, 15) is 0 Å². The van der Waals surface area contributed by atoms with E-state index in [0.29, 0.717) is 0 Å². The van der Waals surface area contributed by atoms with Crippen LogP contribution in [0.4, 0.5) is 0 Å². The van der Waals surface area contributed by atoms with Crippen molar-refractivity contribution in [2.24, 2.45) is 4.99 Å². The van der Waals surface area contributed by atoms with Crippen LogP contribution in [0.25, 0.3) is 5.70 Å². The van der Waals surface area contributed by atoms with Crippen LogP contribution in [0.1, 0.15) is 5.56 Å². The van der Waals surface area contributed by atoms with Crippen molar-refractivity contribution in [3.8, 4) is 5.75 Å². The fraction of sp³-hybridized carbons (Fsp3) is 0.250. The summed E-state index contributed by atoms with van der Waals surface area (Å²) in [5.41, 5.74) is 2.43. The van der Waals surface area contributed by atoms with Crippen LogP contribution >= 0.6 is 28.7 Å². The second-order valence-electron chi connectivity index (χ2n) is 3.67. The number of amidine groups is 1. The molecule has 0 bridgehead atoms. The number of fused-ring (bicyclic) bond motifs is 1. The van der Waals surface area contributed by atoms with Gasteiger partial charge >= 0.3 is 0 Å². The van der Waals surface area contributed by atoms with Gasteiger partial charge in [0.05, 0.1) is 19.4 Å². The first kappa shape index (κ1) is 12.5. The quantitative estimate of drug-likeness (QED) is 0.839. The van der Waals surface area contributed by atoms with Gasteiger partial charge in [-0.15, -0.1) is 17.0 Å². The Morgan fingerprint density at radius 3 is 3.12 bits per heavy atom. The van der Waals surface area contributed by atoms with Gasteiger partial charge in [-0.25, -0.2) is 0 Å². The standard InChI is InChI=1S/C12H12N2OS.BrH/c1-15-10-4-2-3-9(7-10)11-8-16-12-13-5-6-14(11)12;/h2-4,7-8H,5-6H2,1H3;1H. The molecule has 17 heavy (non-hydrogen) atoms. The molecule has 0 spiro atoms. The Kier molecular flexibility index (Phi) is 3.79. The summed E-state index contributed by atoms with van der Waals surface area (Å²) in [5.74, 6) is 0.896. The second kappa shape index (κ2) is 5.14. The maximum absolute atomic E-state index is 5.24. The normalized spacial score (nSPS) is 17.1. The van der Waals surface area contributed by atoms with Gasteiger partial charge in [0.2, 0.25) is 0 Å². The number of benzene rings is 1. The second-order valence-corrected chi connectivity index (χ2v) is 4.51. The molecular formula is C12H13BrN2OS. The highest BCUT2D eigenvalue weighted by atomic mass is 79.9. The van der Waals surface area contributed by atoms with Crippen LogP contribution in [0.2, 0.25) is 0 Å². The minimum Gasteiger partial charge on any atom is -0.497 e. The lowest BCUT2D eigenvalue weighted by atomic mass is 10.1. The molecule has 1 aromatic carbocycles. The molecule has 0 radical (unpaired) electrons. The Morgan fingerprint density at radius 2 is 2.29 bits per heavy atom. The maximum Gasteiger partial charge on any atom is 0.168 e. The van der Waals surface area contributed by atoms with Gasteiger partial charge in [-0.2, -0.15) is 0 Å². The van der Waals surface area contributed by atoms with Crippen molar-refractivity contribution in [1.29, 1.82) is 0 Å². The van der Waals surface area contributed by atoms with Gasteiger partial charge in [-0.1, -0.05) is 23.9 Å². The summed E-state index contributed by atoms with van der Waals surface area (Å²) in [4.78, 5) is 6.70. The summed E-state index contributed by atoms with van der Waals surface area (Å²) in [6, 6.07) is 8.15. The Morgan fingerprint density at radius 1 is 1.41 bits per heavy atom. The molecule has 0 unspecified atom stereocenters. The molecule has 0 aromatic heterocycles. The lowest BCUT2D eigenvalue weighted by Crippen LogP contribution is -2.19. The molecule has 2 aliphatic rings. The number of hydrogen-bond donors (Lipinski definition) is 0. The Bertz CT molecular complexity index is 487. The third kappa shape index (κ3) is 2.21. The molecule has 90 valence electrons. The highest BCUT2D eigenvalue weighted by Crippen LogP contribution is 2.35. The predicted molar refractivity (Wildman–Crippen MR) is 77.9 cm³/mol. The van der Waals surface area contributed by atoms with Crippen LogP contribution in [0, 0.1) is 0 Å². The summed E-state index contributed by atoms with van der Waals surface area (Å²) >= 11 is 1.70. The SMILES string of the molecule is Br.COc1cccc(C2=CSC3=NCCN23)c1. The predicted octanol–water partition coefficient (Wildman–Crippen LogP) is 2.99. The summed E-state index contributed by atoms with van der Waals surface area (Å²) in [7, 11) is 1.69. The summed E-state index contributed by atoms with van der Waals surface area (Å²) in [6.07, 6.45) is 0. The van der Waals surface area contributed by atoms with E-state index in [-0.39, 0.29) is 17.0 Å². The van der Waals surface area contributed by atoms with Crippen LogP contribution in [0.3, 0.4) is 0 Å². The molecule has 0 saturated carbocycles. The van der Waals surface area contributed by atoms with E-state index in [0.717, 1.165) is 24.0 Å². The van der Waals surface area contributed by atoms with Gasteiger partial charge in [0.25, 0.3) is 0 Å². The third-order valence-corrected chi connectivity index (χ3v) is 3.64. The van der Waals surface area contributed by atoms with Crippen molar-refractivity contribution in [3.05, 3.63) is 35.2 Å². The number of thioether (sulfide) groups is 1. The fourth-order valence-electron chi connectivity index (χ4n) is 1.93. The Labute approximate surface area is 115 Å². The topological polar surface area (TPSA) is 24.8 Å². The highest BCUT2D eigenvalue weighted by molar-refractivity contribution is 8.93. The first-order valence-corrected chi connectivity index (χ1v) is 6.10. The van der Waals surface area contributed by atoms with Gasteiger partial charge in [-0.05, 0) is 12.1 Å². The van der Waals surface area contributed by atoms with Crippen LogP contribution in [-0.4, -0.2) is 30.3 Å². The van der Waals surface area contributed by atoms with Gasteiger partial charge < -0.3 is 9.64 Å². The molecule has 0 N–H and O–H groups in total. The molecule has 1 aromatic rings. The van der Waals surface area contributed by atoms with Crippen molar-refractivity contribution in [1.82, 2.24) is 4.90 Å². The summed E-state index contributed by atoms with van der Waals surface area (Å²) in [5, 5.41) is 3.28. The zero-order valence-corrected chi connectivity index (χ0v) is 11.9. The first-order valence-electron chi connectivity index (χ1n) is 5.22. The minimum atomic E-state index is 0. The van der Waals surface area contributed by atoms with E-state index >= 15 is 0 Å². The average Bonchev–Trinajstić information content (AvgIpc) is 2.90. The third-order valence-electron chi connectivity index (χ3n) is 2.73. The van der Waals surface area contributed by atoms with Crippen LogP contribution in [0.15, 0.2) is 34.7 Å². The molecule has 3 nitrogen and oxygen atoms in total. The zero-order chi connectivity index (χ0) is 11.0. The fourth-order valence-corrected chi connectivity index (χ4v) is 2.89. The van der Waals surface area contributed by atoms with E-state index in [2.05, 4.69) is 27.4 Å². The van der Waals surface area contributed by atoms with Gasteiger partial charge in [0.1, 0.15) is 5.75 Å². The molecule has 5 heteroatoms. The molecule has 2 aliphatic heterocycles. The van der Waals surface area contributed by atoms with E-state index in [1.807, 2.05) is 12.1 Å².